The van der Waals surface area contributed by atoms with Crippen molar-refractivity contribution >= 4 is 12.2 Å². The molecule has 16 N–H and O–H groups in total. The van der Waals surface area contributed by atoms with E-state index >= 15 is 0 Å². The number of ether oxygens (including phenoxy) is 7. The summed E-state index contributed by atoms with van der Waals surface area (Å²) in [6.45, 7) is 1.57. The zero-order valence-electron chi connectivity index (χ0n) is 30.9. The van der Waals surface area contributed by atoms with Crippen molar-refractivity contribution in [3.63, 3.8) is 0 Å². The van der Waals surface area contributed by atoms with Crippen LogP contribution in [0, 0.1) is 0 Å². The number of hydrogen-bond acceptors (Lipinski definition) is 24. The van der Waals surface area contributed by atoms with E-state index in [1.54, 1.807) is 0 Å². The lowest BCUT2D eigenvalue weighted by molar-refractivity contribution is -0.391. The monoisotopic (exact) mass is 837 g/mol. The molecule has 4 saturated heterocycles. The van der Waals surface area contributed by atoms with Crippen molar-refractivity contribution in [2.75, 3.05) is 19.8 Å². The molecule has 0 spiro atoms. The minimum absolute atomic E-state index is 0.107. The predicted octanol–water partition coefficient (Wildman–Crippen LogP) is -9.21. The van der Waals surface area contributed by atoms with Crippen LogP contribution in [0.2, 0.25) is 0 Å². The Balaban J connectivity index is 0.000000689. The molecule has 57 heavy (non-hydrogen) atoms. The molecule has 0 aromatic heterocycles. The number of hydrogen-bond donors (Lipinski definition) is 16. The standard InChI is InChI=1S/C26H45NO19.C6H10O5/c1-6-12(31)15(34)18(37)24(40-6)45-21-11(27-8(3)30)23(39)42-10(5-29)20(21)44-26-22(17(36)14(33)9(4-28)43-26)46-25-19(38)16(35)13(32)7(2)41-25;7-2-4(9)1-5(10)6(11)3-8/h6-7,9-26,28-29,31-39H,4-5H2,1-3H3,(H,27,30);1,3-4,6-7,9-11H,2H2/t6-,7-,9+,10+,11+,12+,13+,14-,15+,16+,17-,18-,19-,20+,21+,22+,23+,24-,25-,26-;/m0./s1. The van der Waals surface area contributed by atoms with Crippen molar-refractivity contribution in [3.05, 3.63) is 11.8 Å². The lowest BCUT2D eigenvalue weighted by atomic mass is 9.94. The first-order valence-corrected chi connectivity index (χ1v) is 17.7. The van der Waals surface area contributed by atoms with E-state index in [4.69, 9.17) is 53.6 Å². The summed E-state index contributed by atoms with van der Waals surface area (Å²) in [5, 5.41) is 151. The third-order valence-corrected chi connectivity index (χ3v) is 9.51. The molecule has 4 aliphatic heterocycles. The highest BCUT2D eigenvalue weighted by atomic mass is 16.8. The molecule has 25 nitrogen and oxygen atoms in total. The second-order valence-corrected chi connectivity index (χ2v) is 13.8. The Labute approximate surface area is 324 Å². The maximum absolute atomic E-state index is 12.1. The van der Waals surface area contributed by atoms with E-state index in [9.17, 15) is 65.8 Å². The SMILES string of the molecule is CC(=O)N[C@@H]1[C@@H](O[C@@H]2O[C@@H](C)[C@@H](O)[C@@H](O)[C@@H]2O)[C@H](O[C@@H]2O[C@H](CO)[C@H](O)[C@H](O)[C@H]2O[C@@H]2O[C@@H](C)[C@@H](O)[C@@H](O)[C@@H]2O)[C@@H](CO)O[C@H]1O.O=CC(O)C(O)=CC(O)CO. The molecular weight excluding hydrogens is 782 g/mol. The molecule has 0 saturated carbocycles. The predicted molar refractivity (Wildman–Crippen MR) is 179 cm³/mol. The van der Waals surface area contributed by atoms with Gasteiger partial charge in [0.25, 0.3) is 0 Å². The lowest BCUT2D eigenvalue weighted by Gasteiger charge is -2.50. The van der Waals surface area contributed by atoms with Crippen LogP contribution in [-0.4, -0.2) is 244 Å². The first kappa shape index (κ1) is 49.2. The molecule has 0 aromatic rings. The molecule has 2 unspecified atom stereocenters. The largest absolute Gasteiger partial charge is 0.509 e. The molecule has 4 aliphatic rings. The van der Waals surface area contributed by atoms with Crippen molar-refractivity contribution in [1.82, 2.24) is 5.32 Å². The second kappa shape index (κ2) is 21.9. The van der Waals surface area contributed by atoms with Gasteiger partial charge < -0.3 is 115 Å². The molecule has 25 heteroatoms. The summed E-state index contributed by atoms with van der Waals surface area (Å²) in [7, 11) is 0. The minimum Gasteiger partial charge on any atom is -0.509 e. The fourth-order valence-corrected chi connectivity index (χ4v) is 6.23. The Bertz CT molecular complexity index is 1280. The molecular formula is C32H55NO24. The normalized spacial score (nSPS) is 45.2. The van der Waals surface area contributed by atoms with Gasteiger partial charge in [-0.05, 0) is 19.9 Å². The van der Waals surface area contributed by atoms with Crippen molar-refractivity contribution in [2.24, 2.45) is 0 Å². The van der Waals surface area contributed by atoms with Crippen LogP contribution in [0.3, 0.4) is 0 Å². The van der Waals surface area contributed by atoms with Gasteiger partial charge in [-0.25, -0.2) is 0 Å². The summed E-state index contributed by atoms with van der Waals surface area (Å²) in [4.78, 5) is 21.9. The van der Waals surface area contributed by atoms with Crippen LogP contribution in [-0.2, 0) is 42.7 Å². The Morgan fingerprint density at radius 2 is 1.14 bits per heavy atom. The summed E-state index contributed by atoms with van der Waals surface area (Å²) in [5.41, 5.74) is 0. The number of nitrogens with one attached hydrogen (secondary N) is 1. The van der Waals surface area contributed by atoms with Crippen molar-refractivity contribution in [2.45, 2.75) is 156 Å². The highest BCUT2D eigenvalue weighted by Crippen LogP contribution is 2.35. The fourth-order valence-electron chi connectivity index (χ4n) is 6.23. The van der Waals surface area contributed by atoms with E-state index in [1.807, 2.05) is 0 Å². The summed E-state index contributed by atoms with van der Waals surface area (Å²) in [5.74, 6) is -1.36. The third-order valence-electron chi connectivity index (χ3n) is 9.51. The smallest absolute Gasteiger partial charge is 0.217 e. The number of carbonyl (C=O) groups is 2. The Morgan fingerprint density at radius 3 is 1.60 bits per heavy atom. The molecule has 0 aliphatic carbocycles. The van der Waals surface area contributed by atoms with Gasteiger partial charge in [-0.3, -0.25) is 9.59 Å². The number of aldehydes is 1. The van der Waals surface area contributed by atoms with Crippen LogP contribution in [0.15, 0.2) is 11.8 Å². The maximum atomic E-state index is 12.1. The van der Waals surface area contributed by atoms with Gasteiger partial charge in [-0.15, -0.1) is 0 Å². The number of aliphatic hydroxyl groups excluding tert-OH is 15. The summed E-state index contributed by atoms with van der Waals surface area (Å²) in [6, 6.07) is -1.51. The van der Waals surface area contributed by atoms with Gasteiger partial charge in [0, 0.05) is 6.92 Å². The maximum Gasteiger partial charge on any atom is 0.217 e. The molecule has 0 radical (unpaired) electrons. The average Bonchev–Trinajstić information content (AvgIpc) is 3.18. The summed E-state index contributed by atoms with van der Waals surface area (Å²) < 4.78 is 39.8. The first-order chi connectivity index (χ1) is 26.7. The van der Waals surface area contributed by atoms with E-state index in [0.717, 1.165) is 13.0 Å². The molecule has 1 amide bonds. The summed E-state index contributed by atoms with van der Waals surface area (Å²) >= 11 is 0. The molecule has 0 bridgehead atoms. The van der Waals surface area contributed by atoms with E-state index in [2.05, 4.69) is 5.32 Å². The lowest BCUT2D eigenvalue weighted by Crippen LogP contribution is -2.70. The number of rotatable bonds is 13. The van der Waals surface area contributed by atoms with Gasteiger partial charge in [0.15, 0.2) is 37.6 Å². The molecule has 332 valence electrons. The van der Waals surface area contributed by atoms with E-state index in [1.165, 1.54) is 13.8 Å². The third kappa shape index (κ3) is 12.0. The van der Waals surface area contributed by atoms with Crippen LogP contribution in [0.1, 0.15) is 20.8 Å². The highest BCUT2D eigenvalue weighted by molar-refractivity contribution is 5.73. The summed E-state index contributed by atoms with van der Waals surface area (Å²) in [6.07, 6.45) is -33.2. The zero-order valence-corrected chi connectivity index (χ0v) is 30.9. The van der Waals surface area contributed by atoms with Gasteiger partial charge in [0.2, 0.25) is 5.91 Å². The van der Waals surface area contributed by atoms with Crippen LogP contribution >= 0.6 is 0 Å². The zero-order chi connectivity index (χ0) is 43.0. The van der Waals surface area contributed by atoms with Gasteiger partial charge in [-0.1, -0.05) is 0 Å². The van der Waals surface area contributed by atoms with E-state index < -0.39 is 166 Å². The Kier molecular flexibility index (Phi) is 18.9. The minimum atomic E-state index is -1.92. The first-order valence-electron chi connectivity index (χ1n) is 17.7. The average molecular weight is 838 g/mol. The van der Waals surface area contributed by atoms with E-state index in [0.29, 0.717) is 0 Å². The van der Waals surface area contributed by atoms with Gasteiger partial charge in [-0.2, -0.15) is 0 Å². The van der Waals surface area contributed by atoms with Crippen molar-refractivity contribution in [1.29, 1.82) is 0 Å². The van der Waals surface area contributed by atoms with Gasteiger partial charge in [0.1, 0.15) is 91.2 Å². The van der Waals surface area contributed by atoms with Crippen LogP contribution in [0.5, 0.6) is 0 Å². The van der Waals surface area contributed by atoms with Gasteiger partial charge in [0.05, 0.1) is 38.1 Å². The number of carbonyl (C=O) groups excluding carboxylic acids is 2. The molecule has 0 aromatic carbocycles. The molecule has 4 rings (SSSR count). The Hall–Kier alpha value is -2.16. The van der Waals surface area contributed by atoms with Crippen LogP contribution in [0.4, 0.5) is 0 Å². The quantitative estimate of drug-likeness (QED) is 0.0605. The second-order valence-electron chi connectivity index (χ2n) is 13.8. The molecule has 4 heterocycles. The van der Waals surface area contributed by atoms with E-state index in [-0.39, 0.29) is 6.29 Å². The fraction of sp³-hybridized carbons (Fsp3) is 0.875. The van der Waals surface area contributed by atoms with Crippen molar-refractivity contribution in [3.8, 4) is 0 Å². The van der Waals surface area contributed by atoms with Crippen LogP contribution in [0.25, 0.3) is 0 Å². The number of amides is 1. The molecule has 22 atom stereocenters. The Morgan fingerprint density at radius 1 is 0.649 bits per heavy atom. The molecule has 4 fully saturated rings. The van der Waals surface area contributed by atoms with Crippen LogP contribution < -0.4 is 5.32 Å². The highest BCUT2D eigenvalue weighted by Gasteiger charge is 2.56. The van der Waals surface area contributed by atoms with Crippen molar-refractivity contribution < 1.29 is 119 Å². The van der Waals surface area contributed by atoms with Gasteiger partial charge >= 0.3 is 0 Å². The topological polar surface area (TPSA) is 414 Å². The number of aliphatic hydroxyl groups is 15.